The van der Waals surface area contributed by atoms with Crippen LogP contribution < -0.4 is 5.32 Å². The molecule has 1 aliphatic rings. The second kappa shape index (κ2) is 7.74. The van der Waals surface area contributed by atoms with Crippen LogP contribution in [0.2, 0.25) is 0 Å². The van der Waals surface area contributed by atoms with E-state index in [1.807, 2.05) is 0 Å². The fourth-order valence-corrected chi connectivity index (χ4v) is 2.45. The molecule has 1 unspecified atom stereocenters. The molecule has 1 saturated heterocycles. The van der Waals surface area contributed by atoms with Crippen LogP contribution in [-0.2, 0) is 9.53 Å². The number of hydrogen-bond acceptors (Lipinski definition) is 3. The lowest BCUT2D eigenvalue weighted by molar-refractivity contribution is -0.127. The summed E-state index contributed by atoms with van der Waals surface area (Å²) in [7, 11) is 1.70. The SMILES string of the molecule is CCN1CCC(C(=O)NCC(OC)C(C)C)CC1. The fraction of sp³-hybridized carbons (Fsp3) is 0.929. The van der Waals surface area contributed by atoms with Gasteiger partial charge in [-0.15, -0.1) is 0 Å². The van der Waals surface area contributed by atoms with Crippen molar-refractivity contribution in [3.05, 3.63) is 0 Å². The Labute approximate surface area is 111 Å². The molecule has 0 aromatic heterocycles. The number of carbonyl (C=O) groups is 1. The highest BCUT2D eigenvalue weighted by molar-refractivity contribution is 5.78. The van der Waals surface area contributed by atoms with E-state index in [-0.39, 0.29) is 17.9 Å². The molecule has 0 aromatic carbocycles. The quantitative estimate of drug-likeness (QED) is 0.783. The third-order valence-electron chi connectivity index (χ3n) is 3.93. The number of rotatable bonds is 6. The summed E-state index contributed by atoms with van der Waals surface area (Å²) >= 11 is 0. The zero-order chi connectivity index (χ0) is 13.5. The second-order valence-corrected chi connectivity index (χ2v) is 5.47. The molecule has 1 fully saturated rings. The Morgan fingerprint density at radius 2 is 2.00 bits per heavy atom. The number of hydrogen-bond donors (Lipinski definition) is 1. The summed E-state index contributed by atoms with van der Waals surface area (Å²) in [5.41, 5.74) is 0. The van der Waals surface area contributed by atoms with Crippen LogP contribution in [0.4, 0.5) is 0 Å². The van der Waals surface area contributed by atoms with Crippen molar-refractivity contribution in [2.45, 2.75) is 39.7 Å². The maximum Gasteiger partial charge on any atom is 0.223 e. The molecule has 0 aromatic rings. The second-order valence-electron chi connectivity index (χ2n) is 5.47. The van der Waals surface area contributed by atoms with E-state index < -0.39 is 0 Å². The van der Waals surface area contributed by atoms with Gasteiger partial charge < -0.3 is 15.0 Å². The van der Waals surface area contributed by atoms with Crippen molar-refractivity contribution in [1.29, 1.82) is 0 Å². The molecular weight excluding hydrogens is 228 g/mol. The Morgan fingerprint density at radius 3 is 2.44 bits per heavy atom. The molecule has 18 heavy (non-hydrogen) atoms. The first kappa shape index (κ1) is 15.4. The summed E-state index contributed by atoms with van der Waals surface area (Å²) in [5.74, 6) is 0.822. The van der Waals surface area contributed by atoms with Crippen molar-refractivity contribution in [3.8, 4) is 0 Å². The standard InChI is InChI=1S/C14H28N2O2/c1-5-16-8-6-12(7-9-16)14(17)15-10-13(18-4)11(2)3/h11-13H,5-10H2,1-4H3,(H,15,17). The predicted molar refractivity (Wildman–Crippen MR) is 73.5 cm³/mol. The lowest BCUT2D eigenvalue weighted by Crippen LogP contribution is -2.43. The molecule has 106 valence electrons. The molecular formula is C14H28N2O2. The minimum absolute atomic E-state index is 0.115. The first-order valence-electron chi connectivity index (χ1n) is 7.11. The smallest absolute Gasteiger partial charge is 0.223 e. The van der Waals surface area contributed by atoms with Gasteiger partial charge in [-0.1, -0.05) is 20.8 Å². The minimum Gasteiger partial charge on any atom is -0.379 e. The number of nitrogens with one attached hydrogen (secondary N) is 1. The average molecular weight is 256 g/mol. The van der Waals surface area contributed by atoms with Gasteiger partial charge in [0.15, 0.2) is 0 Å². The minimum atomic E-state index is 0.115. The van der Waals surface area contributed by atoms with Gasteiger partial charge >= 0.3 is 0 Å². The topological polar surface area (TPSA) is 41.6 Å². The largest absolute Gasteiger partial charge is 0.379 e. The Kier molecular flexibility index (Phi) is 6.65. The van der Waals surface area contributed by atoms with Crippen LogP contribution in [0.25, 0.3) is 0 Å². The highest BCUT2D eigenvalue weighted by Gasteiger charge is 2.24. The molecule has 0 saturated carbocycles. The summed E-state index contributed by atoms with van der Waals surface area (Å²) < 4.78 is 5.36. The number of amides is 1. The molecule has 0 bridgehead atoms. The molecule has 1 amide bonds. The highest BCUT2D eigenvalue weighted by atomic mass is 16.5. The molecule has 0 aliphatic carbocycles. The fourth-order valence-electron chi connectivity index (χ4n) is 2.45. The average Bonchev–Trinajstić information content (AvgIpc) is 2.39. The monoisotopic (exact) mass is 256 g/mol. The summed E-state index contributed by atoms with van der Waals surface area (Å²) in [6, 6.07) is 0. The van der Waals surface area contributed by atoms with E-state index in [2.05, 4.69) is 31.0 Å². The molecule has 4 heteroatoms. The van der Waals surface area contributed by atoms with E-state index in [4.69, 9.17) is 4.74 Å². The normalized spacial score (nSPS) is 20.1. The van der Waals surface area contributed by atoms with Gasteiger partial charge in [0, 0.05) is 19.6 Å². The van der Waals surface area contributed by atoms with Crippen molar-refractivity contribution < 1.29 is 9.53 Å². The lowest BCUT2D eigenvalue weighted by atomic mass is 9.95. The van der Waals surface area contributed by atoms with Crippen LogP contribution in [0.15, 0.2) is 0 Å². The van der Waals surface area contributed by atoms with Gasteiger partial charge in [-0.2, -0.15) is 0 Å². The van der Waals surface area contributed by atoms with Gasteiger partial charge in [-0.3, -0.25) is 4.79 Å². The van der Waals surface area contributed by atoms with E-state index in [9.17, 15) is 4.79 Å². The van der Waals surface area contributed by atoms with Crippen LogP contribution in [-0.4, -0.2) is 50.2 Å². The Bertz CT molecular complexity index is 248. The van der Waals surface area contributed by atoms with Gasteiger partial charge in [0.1, 0.15) is 0 Å². The van der Waals surface area contributed by atoms with Gasteiger partial charge in [0.05, 0.1) is 6.10 Å². The van der Waals surface area contributed by atoms with E-state index in [1.165, 1.54) is 0 Å². The van der Waals surface area contributed by atoms with E-state index in [0.29, 0.717) is 12.5 Å². The van der Waals surface area contributed by atoms with Crippen molar-refractivity contribution in [2.24, 2.45) is 11.8 Å². The Hall–Kier alpha value is -0.610. The number of methoxy groups -OCH3 is 1. The van der Waals surface area contributed by atoms with Gasteiger partial charge in [-0.05, 0) is 38.4 Å². The number of nitrogens with zero attached hydrogens (tertiary/aromatic N) is 1. The van der Waals surface area contributed by atoms with E-state index in [0.717, 1.165) is 32.5 Å². The number of ether oxygens (including phenoxy) is 1. The van der Waals surface area contributed by atoms with Crippen LogP contribution in [0.1, 0.15) is 33.6 Å². The number of piperidine rings is 1. The van der Waals surface area contributed by atoms with Gasteiger partial charge in [0.25, 0.3) is 0 Å². The van der Waals surface area contributed by atoms with Crippen LogP contribution in [0, 0.1) is 11.8 Å². The van der Waals surface area contributed by atoms with Crippen LogP contribution in [0.5, 0.6) is 0 Å². The summed E-state index contributed by atoms with van der Waals surface area (Å²) in [5, 5.41) is 3.04. The number of likely N-dealkylation sites (tertiary alicyclic amines) is 1. The Morgan fingerprint density at radius 1 is 1.39 bits per heavy atom. The zero-order valence-corrected chi connectivity index (χ0v) is 12.2. The zero-order valence-electron chi connectivity index (χ0n) is 12.2. The first-order chi connectivity index (χ1) is 8.58. The summed E-state index contributed by atoms with van der Waals surface area (Å²) in [6.07, 6.45) is 2.09. The molecule has 0 spiro atoms. The summed E-state index contributed by atoms with van der Waals surface area (Å²) in [4.78, 5) is 14.4. The van der Waals surface area contributed by atoms with Gasteiger partial charge in [-0.25, -0.2) is 0 Å². The van der Waals surface area contributed by atoms with Crippen molar-refractivity contribution >= 4 is 5.91 Å². The van der Waals surface area contributed by atoms with Crippen molar-refractivity contribution in [3.63, 3.8) is 0 Å². The molecule has 4 nitrogen and oxygen atoms in total. The summed E-state index contributed by atoms with van der Waals surface area (Å²) in [6.45, 7) is 10.2. The number of carbonyl (C=O) groups excluding carboxylic acids is 1. The van der Waals surface area contributed by atoms with Crippen LogP contribution >= 0.6 is 0 Å². The third kappa shape index (κ3) is 4.58. The van der Waals surface area contributed by atoms with Crippen LogP contribution in [0.3, 0.4) is 0 Å². The van der Waals surface area contributed by atoms with E-state index in [1.54, 1.807) is 7.11 Å². The highest BCUT2D eigenvalue weighted by Crippen LogP contribution is 2.17. The lowest BCUT2D eigenvalue weighted by Gasteiger charge is -2.30. The molecule has 0 radical (unpaired) electrons. The maximum atomic E-state index is 12.1. The third-order valence-corrected chi connectivity index (χ3v) is 3.93. The van der Waals surface area contributed by atoms with Crippen molar-refractivity contribution in [1.82, 2.24) is 10.2 Å². The molecule has 1 atom stereocenters. The van der Waals surface area contributed by atoms with Gasteiger partial charge in [0.2, 0.25) is 5.91 Å². The molecule has 1 N–H and O–H groups in total. The predicted octanol–water partition coefficient (Wildman–Crippen LogP) is 1.51. The Balaban J connectivity index is 2.29. The molecule has 1 rings (SSSR count). The van der Waals surface area contributed by atoms with E-state index >= 15 is 0 Å². The first-order valence-corrected chi connectivity index (χ1v) is 7.11. The molecule has 1 heterocycles. The molecule has 1 aliphatic heterocycles. The van der Waals surface area contributed by atoms with Crippen molar-refractivity contribution in [2.75, 3.05) is 33.3 Å². The maximum absolute atomic E-state index is 12.1.